The number of benzene rings is 3. The van der Waals surface area contributed by atoms with Crippen molar-refractivity contribution in [1.29, 1.82) is 0 Å². The van der Waals surface area contributed by atoms with Crippen molar-refractivity contribution in [3.63, 3.8) is 0 Å². The molecule has 0 aliphatic heterocycles. The van der Waals surface area contributed by atoms with Gasteiger partial charge in [0, 0.05) is 37.0 Å². The molecule has 3 N–H and O–H groups in total. The normalized spacial score (nSPS) is 10.3. The van der Waals surface area contributed by atoms with E-state index in [0.717, 1.165) is 5.56 Å². The second-order valence-corrected chi connectivity index (χ2v) is 6.87. The Morgan fingerprint density at radius 1 is 0.800 bits per heavy atom. The lowest BCUT2D eigenvalue weighted by Gasteiger charge is -2.12. The van der Waals surface area contributed by atoms with Gasteiger partial charge in [-0.25, -0.2) is 0 Å². The number of rotatable bonds is 8. The van der Waals surface area contributed by atoms with Crippen LogP contribution in [0.5, 0.6) is 5.75 Å². The lowest BCUT2D eigenvalue weighted by Crippen LogP contribution is -2.16. The topological polar surface area (TPSA) is 79.5 Å². The molecule has 0 unspecified atom stereocenters. The minimum Gasteiger partial charge on any atom is -0.497 e. The molecule has 0 aliphatic carbocycles. The Labute approximate surface area is 176 Å². The summed E-state index contributed by atoms with van der Waals surface area (Å²) in [6.45, 7) is 2.71. The van der Waals surface area contributed by atoms with Gasteiger partial charge in [0.15, 0.2) is 0 Å². The predicted molar refractivity (Wildman–Crippen MR) is 119 cm³/mol. The maximum atomic E-state index is 12.8. The Morgan fingerprint density at radius 2 is 1.50 bits per heavy atom. The molecule has 6 heteroatoms. The van der Waals surface area contributed by atoms with Gasteiger partial charge in [-0.3, -0.25) is 9.59 Å². The number of hydrogen-bond donors (Lipinski definition) is 3. The fourth-order valence-corrected chi connectivity index (χ4v) is 3.03. The van der Waals surface area contributed by atoms with Crippen LogP contribution in [0.15, 0.2) is 72.8 Å². The van der Waals surface area contributed by atoms with Gasteiger partial charge in [-0.15, -0.1) is 0 Å². The number of anilines is 2. The van der Waals surface area contributed by atoms with Crippen molar-refractivity contribution < 1.29 is 14.3 Å². The molecule has 0 bridgehead atoms. The number of methoxy groups -OCH3 is 1. The molecule has 2 amide bonds. The summed E-state index contributed by atoms with van der Waals surface area (Å²) in [7, 11) is 1.59. The minimum atomic E-state index is -0.253. The summed E-state index contributed by atoms with van der Waals surface area (Å²) in [6, 6.07) is 22.5. The summed E-state index contributed by atoms with van der Waals surface area (Å²) < 4.78 is 5.14. The van der Waals surface area contributed by atoms with E-state index in [1.807, 2.05) is 30.3 Å². The van der Waals surface area contributed by atoms with E-state index in [9.17, 15) is 9.59 Å². The van der Waals surface area contributed by atoms with E-state index in [4.69, 9.17) is 4.74 Å². The molecule has 0 radical (unpaired) electrons. The molecule has 0 spiro atoms. The van der Waals surface area contributed by atoms with Crippen molar-refractivity contribution in [3.8, 4) is 5.75 Å². The van der Waals surface area contributed by atoms with Crippen molar-refractivity contribution in [2.45, 2.75) is 20.0 Å². The highest BCUT2D eigenvalue weighted by Gasteiger charge is 2.11. The molecular weight excluding hydrogens is 378 g/mol. The Kier molecular flexibility index (Phi) is 7.19. The standard InChI is InChI=1S/C24H25N3O3/c1-17(28)26-22-13-19(16-25-15-18-6-4-3-5-7-18)12-20(14-22)24(29)27-21-8-10-23(30-2)11-9-21/h3-14,25H,15-16H2,1-2H3,(H,26,28)(H,27,29). The molecule has 0 aliphatic rings. The Bertz CT molecular complexity index is 1000. The zero-order valence-corrected chi connectivity index (χ0v) is 17.1. The molecule has 30 heavy (non-hydrogen) atoms. The zero-order valence-electron chi connectivity index (χ0n) is 17.1. The molecule has 3 aromatic carbocycles. The van der Waals surface area contributed by atoms with Gasteiger partial charge in [0.1, 0.15) is 5.75 Å². The van der Waals surface area contributed by atoms with Crippen LogP contribution < -0.4 is 20.7 Å². The fourth-order valence-electron chi connectivity index (χ4n) is 3.03. The van der Waals surface area contributed by atoms with E-state index in [1.54, 1.807) is 37.4 Å². The molecule has 3 aromatic rings. The number of carbonyl (C=O) groups excluding carboxylic acids is 2. The van der Waals surface area contributed by atoms with Crippen LogP contribution in [0.2, 0.25) is 0 Å². The number of nitrogens with one attached hydrogen (secondary N) is 3. The van der Waals surface area contributed by atoms with Crippen LogP contribution in [0, 0.1) is 0 Å². The molecule has 6 nitrogen and oxygen atoms in total. The van der Waals surface area contributed by atoms with Crippen LogP contribution in [0.4, 0.5) is 11.4 Å². The Morgan fingerprint density at radius 3 is 2.17 bits per heavy atom. The molecular formula is C24H25N3O3. The molecule has 0 fully saturated rings. The van der Waals surface area contributed by atoms with Crippen molar-refractivity contribution in [2.75, 3.05) is 17.7 Å². The highest BCUT2D eigenvalue weighted by Crippen LogP contribution is 2.19. The second-order valence-electron chi connectivity index (χ2n) is 6.87. The van der Waals surface area contributed by atoms with Crippen LogP contribution in [-0.2, 0) is 17.9 Å². The average molecular weight is 403 g/mol. The fraction of sp³-hybridized carbons (Fsp3) is 0.167. The van der Waals surface area contributed by atoms with Crippen LogP contribution >= 0.6 is 0 Å². The summed E-state index contributed by atoms with van der Waals surface area (Å²) in [5, 5.41) is 9.00. The maximum absolute atomic E-state index is 12.8. The smallest absolute Gasteiger partial charge is 0.255 e. The quantitative estimate of drug-likeness (QED) is 0.527. The van der Waals surface area contributed by atoms with E-state index in [-0.39, 0.29) is 11.8 Å². The third kappa shape index (κ3) is 6.18. The molecule has 0 saturated heterocycles. The van der Waals surface area contributed by atoms with Gasteiger partial charge in [-0.1, -0.05) is 30.3 Å². The molecule has 0 aromatic heterocycles. The van der Waals surface area contributed by atoms with Crippen LogP contribution in [0.25, 0.3) is 0 Å². The van der Waals surface area contributed by atoms with Gasteiger partial charge in [-0.05, 0) is 53.6 Å². The first-order chi connectivity index (χ1) is 14.5. The Hall–Kier alpha value is -3.64. The monoisotopic (exact) mass is 403 g/mol. The van der Waals surface area contributed by atoms with Crippen LogP contribution in [-0.4, -0.2) is 18.9 Å². The molecule has 3 rings (SSSR count). The van der Waals surface area contributed by atoms with Gasteiger partial charge < -0.3 is 20.7 Å². The van der Waals surface area contributed by atoms with Gasteiger partial charge in [0.2, 0.25) is 5.91 Å². The second kappa shape index (κ2) is 10.2. The SMILES string of the molecule is COc1ccc(NC(=O)c2cc(CNCc3ccccc3)cc(NC(C)=O)c2)cc1. The summed E-state index contributed by atoms with van der Waals surface area (Å²) in [6.07, 6.45) is 0. The van der Waals surface area contributed by atoms with Crippen molar-refractivity contribution in [3.05, 3.63) is 89.5 Å². The average Bonchev–Trinajstić information content (AvgIpc) is 2.74. The lowest BCUT2D eigenvalue weighted by atomic mass is 10.1. The summed E-state index contributed by atoms with van der Waals surface area (Å²) in [4.78, 5) is 24.3. The zero-order chi connectivity index (χ0) is 21.3. The van der Waals surface area contributed by atoms with Gasteiger partial charge in [-0.2, -0.15) is 0 Å². The summed E-state index contributed by atoms with van der Waals surface area (Å²) in [5.74, 6) is 0.273. The first-order valence-corrected chi connectivity index (χ1v) is 9.65. The molecule has 0 atom stereocenters. The van der Waals surface area contributed by atoms with Crippen LogP contribution in [0.1, 0.15) is 28.4 Å². The number of ether oxygens (including phenoxy) is 1. The molecule has 0 heterocycles. The van der Waals surface area contributed by atoms with Crippen molar-refractivity contribution in [1.82, 2.24) is 5.32 Å². The Balaban J connectivity index is 1.73. The molecule has 154 valence electrons. The van der Waals surface area contributed by atoms with E-state index < -0.39 is 0 Å². The van der Waals surface area contributed by atoms with Gasteiger partial charge in [0.25, 0.3) is 5.91 Å². The number of hydrogen-bond acceptors (Lipinski definition) is 4. The first kappa shape index (κ1) is 21.1. The van der Waals surface area contributed by atoms with Crippen LogP contribution in [0.3, 0.4) is 0 Å². The maximum Gasteiger partial charge on any atom is 0.255 e. The predicted octanol–water partition coefficient (Wildman–Crippen LogP) is 4.20. The van der Waals surface area contributed by atoms with E-state index >= 15 is 0 Å². The number of carbonyl (C=O) groups is 2. The summed E-state index contributed by atoms with van der Waals surface area (Å²) in [5.41, 5.74) is 3.79. The van der Waals surface area contributed by atoms with Gasteiger partial charge >= 0.3 is 0 Å². The largest absolute Gasteiger partial charge is 0.497 e. The third-order valence-corrected chi connectivity index (χ3v) is 4.42. The third-order valence-electron chi connectivity index (χ3n) is 4.42. The molecule has 0 saturated carbocycles. The lowest BCUT2D eigenvalue weighted by molar-refractivity contribution is -0.114. The van der Waals surface area contributed by atoms with Gasteiger partial charge in [0.05, 0.1) is 7.11 Å². The van der Waals surface area contributed by atoms with Crippen molar-refractivity contribution >= 4 is 23.2 Å². The highest BCUT2D eigenvalue weighted by molar-refractivity contribution is 6.05. The minimum absolute atomic E-state index is 0.189. The number of amides is 2. The van der Waals surface area contributed by atoms with E-state index in [2.05, 4.69) is 28.1 Å². The van der Waals surface area contributed by atoms with E-state index in [1.165, 1.54) is 12.5 Å². The van der Waals surface area contributed by atoms with Crippen molar-refractivity contribution in [2.24, 2.45) is 0 Å². The highest BCUT2D eigenvalue weighted by atomic mass is 16.5. The van der Waals surface area contributed by atoms with E-state index in [0.29, 0.717) is 35.8 Å². The first-order valence-electron chi connectivity index (χ1n) is 9.65. The summed E-state index contributed by atoms with van der Waals surface area (Å²) >= 11 is 0.